The molecule has 1 nitrogen and oxygen atoms in total. The maximum absolute atomic E-state index is 10.3. The Hall–Kier alpha value is -0.990. The molecule has 2 rings (SSSR count). The first-order chi connectivity index (χ1) is 8.67. The molecule has 0 saturated carbocycles. The molecule has 0 spiro atoms. The number of fused-ring (bicyclic) bond motifs is 1. The summed E-state index contributed by atoms with van der Waals surface area (Å²) in [4.78, 5) is 1.23. The van der Waals surface area contributed by atoms with Crippen molar-refractivity contribution in [2.24, 2.45) is 0 Å². The van der Waals surface area contributed by atoms with Crippen LogP contribution in [0.1, 0.15) is 26.7 Å². The molecule has 2 aromatic rings. The van der Waals surface area contributed by atoms with Gasteiger partial charge in [-0.2, -0.15) is 0 Å². The maximum Gasteiger partial charge on any atom is 0.0736 e. The van der Waals surface area contributed by atoms with Crippen molar-refractivity contribution in [3.8, 4) is 0 Å². The monoisotopic (exact) mass is 260 g/mol. The van der Waals surface area contributed by atoms with Crippen molar-refractivity contribution in [1.29, 1.82) is 0 Å². The van der Waals surface area contributed by atoms with E-state index in [1.54, 1.807) is 11.8 Å². The molecule has 0 aliphatic rings. The van der Waals surface area contributed by atoms with Crippen LogP contribution in [-0.4, -0.2) is 16.5 Å². The van der Waals surface area contributed by atoms with Crippen LogP contribution < -0.4 is 0 Å². The quantitative estimate of drug-likeness (QED) is 0.800. The van der Waals surface area contributed by atoms with Gasteiger partial charge in [0.05, 0.1) is 5.60 Å². The Bertz CT molecular complexity index is 517. The molecule has 0 bridgehead atoms. The van der Waals surface area contributed by atoms with Gasteiger partial charge in [-0.15, -0.1) is 11.8 Å². The molecule has 1 N–H and O–H groups in total. The van der Waals surface area contributed by atoms with Crippen molar-refractivity contribution in [1.82, 2.24) is 0 Å². The van der Waals surface area contributed by atoms with Crippen LogP contribution in [0.3, 0.4) is 0 Å². The number of hydrogen-bond donors (Lipinski definition) is 1. The van der Waals surface area contributed by atoms with Gasteiger partial charge in [-0.1, -0.05) is 44.2 Å². The molecular weight excluding hydrogens is 240 g/mol. The van der Waals surface area contributed by atoms with Gasteiger partial charge in [0.25, 0.3) is 0 Å². The molecule has 96 valence electrons. The molecule has 0 unspecified atom stereocenters. The Morgan fingerprint density at radius 3 is 2.33 bits per heavy atom. The van der Waals surface area contributed by atoms with Crippen molar-refractivity contribution >= 4 is 22.5 Å². The van der Waals surface area contributed by atoms with Crippen LogP contribution in [0, 0.1) is 0 Å². The van der Waals surface area contributed by atoms with E-state index in [2.05, 4.69) is 42.5 Å². The second-order valence-corrected chi connectivity index (χ2v) is 5.78. The van der Waals surface area contributed by atoms with Crippen LogP contribution in [0.15, 0.2) is 47.4 Å². The van der Waals surface area contributed by atoms with Gasteiger partial charge in [0.15, 0.2) is 0 Å². The van der Waals surface area contributed by atoms with Gasteiger partial charge >= 0.3 is 0 Å². The van der Waals surface area contributed by atoms with E-state index in [-0.39, 0.29) is 0 Å². The molecule has 0 amide bonds. The van der Waals surface area contributed by atoms with Crippen LogP contribution in [0.4, 0.5) is 0 Å². The van der Waals surface area contributed by atoms with E-state index in [1.807, 2.05) is 13.8 Å². The minimum Gasteiger partial charge on any atom is -0.389 e. The predicted molar refractivity (Wildman–Crippen MR) is 80.2 cm³/mol. The third-order valence-corrected chi connectivity index (χ3v) is 4.81. The first kappa shape index (κ1) is 13.4. The minimum absolute atomic E-state index is 0.531. The Balaban J connectivity index is 2.12. The van der Waals surface area contributed by atoms with Crippen LogP contribution in [-0.2, 0) is 0 Å². The Morgan fingerprint density at radius 2 is 1.67 bits per heavy atom. The van der Waals surface area contributed by atoms with Crippen LogP contribution in [0.2, 0.25) is 0 Å². The average Bonchev–Trinajstić information content (AvgIpc) is 2.44. The fourth-order valence-corrected chi connectivity index (χ4v) is 3.15. The van der Waals surface area contributed by atoms with Gasteiger partial charge in [-0.3, -0.25) is 0 Å². The normalized spacial score (nSPS) is 11.9. The Morgan fingerprint density at radius 1 is 1.00 bits per heavy atom. The highest BCUT2D eigenvalue weighted by Gasteiger charge is 2.22. The van der Waals surface area contributed by atoms with E-state index in [9.17, 15) is 5.11 Å². The van der Waals surface area contributed by atoms with Gasteiger partial charge in [0.2, 0.25) is 0 Å². The lowest BCUT2D eigenvalue weighted by molar-refractivity contribution is 0.0572. The first-order valence-corrected chi connectivity index (χ1v) is 7.49. The number of aliphatic hydroxyl groups is 1. The van der Waals surface area contributed by atoms with E-state index < -0.39 is 5.60 Å². The molecule has 0 heterocycles. The summed E-state index contributed by atoms with van der Waals surface area (Å²) in [5.41, 5.74) is -0.531. The molecule has 18 heavy (non-hydrogen) atoms. The van der Waals surface area contributed by atoms with Crippen molar-refractivity contribution in [3.05, 3.63) is 42.5 Å². The molecule has 2 aromatic carbocycles. The molecular formula is C16H20OS. The minimum atomic E-state index is -0.531. The zero-order valence-corrected chi connectivity index (χ0v) is 11.8. The molecule has 0 saturated heterocycles. The SMILES string of the molecule is CCC(O)(CC)CSc1ccc2ccccc2c1. The fraction of sp³-hybridized carbons (Fsp3) is 0.375. The number of thioether (sulfide) groups is 1. The maximum atomic E-state index is 10.3. The van der Waals surface area contributed by atoms with E-state index in [1.165, 1.54) is 15.7 Å². The third kappa shape index (κ3) is 3.06. The molecule has 0 aliphatic carbocycles. The van der Waals surface area contributed by atoms with Crippen molar-refractivity contribution in [2.75, 3.05) is 5.75 Å². The first-order valence-electron chi connectivity index (χ1n) is 6.51. The van der Waals surface area contributed by atoms with Crippen LogP contribution in [0.25, 0.3) is 10.8 Å². The van der Waals surface area contributed by atoms with Crippen LogP contribution in [0.5, 0.6) is 0 Å². The predicted octanol–water partition coefficient (Wildman–Crippen LogP) is 4.48. The zero-order valence-electron chi connectivity index (χ0n) is 11.0. The van der Waals surface area contributed by atoms with E-state index in [0.29, 0.717) is 0 Å². The van der Waals surface area contributed by atoms with Crippen molar-refractivity contribution in [3.63, 3.8) is 0 Å². The number of hydrogen-bond acceptors (Lipinski definition) is 2. The third-order valence-electron chi connectivity index (χ3n) is 3.54. The van der Waals surface area contributed by atoms with Gasteiger partial charge in [0.1, 0.15) is 0 Å². The van der Waals surface area contributed by atoms with Crippen LogP contribution >= 0.6 is 11.8 Å². The summed E-state index contributed by atoms with van der Waals surface area (Å²) in [7, 11) is 0. The van der Waals surface area contributed by atoms with Gasteiger partial charge < -0.3 is 5.11 Å². The molecule has 0 aliphatic heterocycles. The summed E-state index contributed by atoms with van der Waals surface area (Å²) in [5, 5.41) is 12.8. The highest BCUT2D eigenvalue weighted by Crippen LogP contribution is 2.28. The lowest BCUT2D eigenvalue weighted by Crippen LogP contribution is -2.29. The molecule has 0 radical (unpaired) electrons. The molecule has 0 aromatic heterocycles. The lowest BCUT2D eigenvalue weighted by Gasteiger charge is -2.24. The average molecular weight is 260 g/mol. The Kier molecular flexibility index (Phi) is 4.31. The van der Waals surface area contributed by atoms with Crippen molar-refractivity contribution in [2.45, 2.75) is 37.2 Å². The number of rotatable bonds is 5. The largest absolute Gasteiger partial charge is 0.389 e. The molecule has 2 heteroatoms. The van der Waals surface area contributed by atoms with E-state index in [0.717, 1.165) is 18.6 Å². The fourth-order valence-electron chi connectivity index (χ4n) is 1.93. The summed E-state index contributed by atoms with van der Waals surface area (Å²) in [6.45, 7) is 4.09. The summed E-state index contributed by atoms with van der Waals surface area (Å²) < 4.78 is 0. The smallest absolute Gasteiger partial charge is 0.0736 e. The summed E-state index contributed by atoms with van der Waals surface area (Å²) in [6.07, 6.45) is 1.62. The van der Waals surface area contributed by atoms with Gasteiger partial charge in [-0.05, 0) is 35.7 Å². The highest BCUT2D eigenvalue weighted by atomic mass is 32.2. The van der Waals surface area contributed by atoms with E-state index >= 15 is 0 Å². The highest BCUT2D eigenvalue weighted by molar-refractivity contribution is 7.99. The van der Waals surface area contributed by atoms with Crippen molar-refractivity contribution < 1.29 is 5.11 Å². The Labute approximate surface area is 113 Å². The standard InChI is InChI=1S/C16H20OS/c1-3-16(17,4-2)12-18-15-10-9-13-7-5-6-8-14(13)11-15/h5-11,17H,3-4,12H2,1-2H3. The second kappa shape index (κ2) is 5.77. The summed E-state index contributed by atoms with van der Waals surface area (Å²) in [6, 6.07) is 14.9. The van der Waals surface area contributed by atoms with E-state index in [4.69, 9.17) is 0 Å². The zero-order chi connectivity index (χ0) is 13.0. The summed E-state index contributed by atoms with van der Waals surface area (Å²) in [5.74, 6) is 0.762. The topological polar surface area (TPSA) is 20.2 Å². The van der Waals surface area contributed by atoms with Gasteiger partial charge in [-0.25, -0.2) is 0 Å². The molecule has 0 fully saturated rings. The second-order valence-electron chi connectivity index (χ2n) is 4.73. The van der Waals surface area contributed by atoms with Gasteiger partial charge in [0, 0.05) is 10.6 Å². The number of benzene rings is 2. The lowest BCUT2D eigenvalue weighted by atomic mass is 10.0. The molecule has 0 atom stereocenters. The summed E-state index contributed by atoms with van der Waals surface area (Å²) >= 11 is 1.74.